The molecule has 0 saturated carbocycles. The maximum absolute atomic E-state index is 13.4. The summed E-state index contributed by atoms with van der Waals surface area (Å²) >= 11 is 0. The second-order valence-electron chi connectivity index (χ2n) is 9.18. The van der Waals surface area contributed by atoms with Gasteiger partial charge in [-0.25, -0.2) is 9.50 Å². The van der Waals surface area contributed by atoms with Gasteiger partial charge in [0, 0.05) is 56.1 Å². The van der Waals surface area contributed by atoms with Gasteiger partial charge in [0.2, 0.25) is 0 Å². The van der Waals surface area contributed by atoms with Crippen molar-refractivity contribution in [3.05, 3.63) is 47.3 Å². The lowest BCUT2D eigenvalue weighted by Crippen LogP contribution is -2.38. The molecule has 174 valence electrons. The third kappa shape index (κ3) is 3.97. The van der Waals surface area contributed by atoms with Gasteiger partial charge in [-0.1, -0.05) is 0 Å². The van der Waals surface area contributed by atoms with Crippen LogP contribution < -0.4 is 21.7 Å². The molecule has 2 aliphatic heterocycles. The van der Waals surface area contributed by atoms with Gasteiger partial charge in [-0.3, -0.25) is 4.79 Å². The lowest BCUT2D eigenvalue weighted by molar-refractivity contribution is 0.0606. The molecule has 0 bridgehead atoms. The van der Waals surface area contributed by atoms with E-state index in [2.05, 4.69) is 17.1 Å². The van der Waals surface area contributed by atoms with Gasteiger partial charge in [0.1, 0.15) is 5.82 Å². The molecule has 4 heterocycles. The molecule has 0 spiro atoms. The first kappa shape index (κ1) is 21.5. The van der Waals surface area contributed by atoms with Gasteiger partial charge in [0.15, 0.2) is 5.65 Å². The van der Waals surface area contributed by atoms with Gasteiger partial charge in [0.05, 0.1) is 23.1 Å². The van der Waals surface area contributed by atoms with E-state index in [1.807, 2.05) is 40.9 Å². The van der Waals surface area contributed by atoms with E-state index < -0.39 is 0 Å². The largest absolute Gasteiger partial charge is 0.397 e. The highest BCUT2D eigenvalue weighted by atomic mass is 16.2. The highest BCUT2D eigenvalue weighted by Gasteiger charge is 2.31. The number of rotatable bonds is 4. The number of nitrogens with two attached hydrogens (primary N) is 2. The Kier molecular flexibility index (Phi) is 5.57. The molecule has 33 heavy (non-hydrogen) atoms. The van der Waals surface area contributed by atoms with Crippen molar-refractivity contribution < 1.29 is 4.79 Å². The van der Waals surface area contributed by atoms with Gasteiger partial charge in [-0.05, 0) is 50.8 Å². The molecule has 5 N–H and O–H groups in total. The predicted molar refractivity (Wildman–Crippen MR) is 131 cm³/mol. The molecule has 3 aromatic rings. The number of nitrogens with one attached hydrogen (secondary N) is 1. The Balaban J connectivity index is 1.45. The van der Waals surface area contributed by atoms with Crippen LogP contribution in [0.4, 0.5) is 17.2 Å². The third-order valence-electron chi connectivity index (χ3n) is 6.82. The van der Waals surface area contributed by atoms with E-state index in [-0.39, 0.29) is 18.0 Å². The number of carbonyl (C=O) groups is 1. The second kappa shape index (κ2) is 8.55. The Morgan fingerprint density at radius 1 is 1.18 bits per heavy atom. The lowest BCUT2D eigenvalue weighted by atomic mass is 9.98. The van der Waals surface area contributed by atoms with E-state index in [0.717, 1.165) is 67.2 Å². The first-order valence-corrected chi connectivity index (χ1v) is 11.7. The predicted octanol–water partition coefficient (Wildman–Crippen LogP) is 2.57. The fourth-order valence-corrected chi connectivity index (χ4v) is 5.05. The average Bonchev–Trinajstić information content (AvgIpc) is 3.43. The van der Waals surface area contributed by atoms with Crippen LogP contribution >= 0.6 is 0 Å². The van der Waals surface area contributed by atoms with Crippen LogP contribution in [0.1, 0.15) is 53.3 Å². The van der Waals surface area contributed by atoms with Gasteiger partial charge in [0.25, 0.3) is 5.91 Å². The van der Waals surface area contributed by atoms with Crippen LogP contribution in [0.3, 0.4) is 0 Å². The zero-order valence-corrected chi connectivity index (χ0v) is 19.3. The molecule has 1 amide bonds. The number of amides is 1. The number of fused-ring (bicyclic) bond motifs is 1. The summed E-state index contributed by atoms with van der Waals surface area (Å²) in [5.41, 5.74) is 17.0. The maximum Gasteiger partial charge on any atom is 0.254 e. The van der Waals surface area contributed by atoms with E-state index in [9.17, 15) is 4.79 Å². The summed E-state index contributed by atoms with van der Waals surface area (Å²) in [4.78, 5) is 22.5. The molecule has 2 aromatic heterocycles. The summed E-state index contributed by atoms with van der Waals surface area (Å²) in [5, 5.41) is 7.88. The highest BCUT2D eigenvalue weighted by molar-refractivity contribution is 5.96. The van der Waals surface area contributed by atoms with Gasteiger partial charge < -0.3 is 26.6 Å². The van der Waals surface area contributed by atoms with Crippen molar-refractivity contribution in [1.82, 2.24) is 19.5 Å². The Bertz CT molecular complexity index is 1190. The van der Waals surface area contributed by atoms with E-state index in [1.54, 1.807) is 6.07 Å². The number of carbonyl (C=O) groups excluding carboxylic acids is 1. The Labute approximate surface area is 193 Å². The molecule has 5 rings (SSSR count). The first-order valence-electron chi connectivity index (χ1n) is 11.7. The van der Waals surface area contributed by atoms with Crippen LogP contribution in [-0.4, -0.2) is 58.1 Å². The van der Waals surface area contributed by atoms with Crippen LogP contribution in [0.5, 0.6) is 0 Å². The SMILES string of the molecule is CNc1ccc(C(=O)N2CCCC[C@H]2c2cc3nc(N4CC[C@H](N)C4)c(C)cn3n2)cc1N. The fraction of sp³-hybridized carbons (Fsp3) is 0.458. The lowest BCUT2D eigenvalue weighted by Gasteiger charge is -2.35. The molecule has 2 fully saturated rings. The van der Waals surface area contributed by atoms with E-state index in [4.69, 9.17) is 21.5 Å². The Morgan fingerprint density at radius 2 is 2.03 bits per heavy atom. The molecule has 1 aromatic carbocycles. The summed E-state index contributed by atoms with van der Waals surface area (Å²) in [6.45, 7) is 4.51. The van der Waals surface area contributed by atoms with Gasteiger partial charge >= 0.3 is 0 Å². The maximum atomic E-state index is 13.4. The van der Waals surface area contributed by atoms with Crippen LogP contribution in [0.15, 0.2) is 30.5 Å². The number of likely N-dealkylation sites (tertiary alicyclic amines) is 1. The topological polar surface area (TPSA) is 118 Å². The van der Waals surface area contributed by atoms with Crippen molar-refractivity contribution in [2.75, 3.05) is 42.6 Å². The van der Waals surface area contributed by atoms with Crippen LogP contribution in [-0.2, 0) is 0 Å². The molecule has 2 aliphatic rings. The van der Waals surface area contributed by atoms with E-state index in [1.165, 1.54) is 0 Å². The molecule has 0 radical (unpaired) electrons. The number of anilines is 3. The van der Waals surface area contributed by atoms with Crippen molar-refractivity contribution >= 4 is 28.7 Å². The number of hydrogen-bond donors (Lipinski definition) is 3. The van der Waals surface area contributed by atoms with Crippen molar-refractivity contribution in [3.8, 4) is 0 Å². The smallest absolute Gasteiger partial charge is 0.254 e. The molecular formula is C24H32N8O. The Morgan fingerprint density at radius 3 is 2.76 bits per heavy atom. The molecule has 2 saturated heterocycles. The third-order valence-corrected chi connectivity index (χ3v) is 6.82. The number of piperidine rings is 1. The van der Waals surface area contributed by atoms with Gasteiger partial charge in [-0.2, -0.15) is 5.10 Å². The second-order valence-corrected chi connectivity index (χ2v) is 9.18. The average molecular weight is 449 g/mol. The number of nitrogens with zero attached hydrogens (tertiary/aromatic N) is 5. The molecule has 0 unspecified atom stereocenters. The zero-order valence-electron chi connectivity index (χ0n) is 19.3. The van der Waals surface area contributed by atoms with Gasteiger partial charge in [-0.15, -0.1) is 0 Å². The van der Waals surface area contributed by atoms with Crippen molar-refractivity contribution in [2.24, 2.45) is 5.73 Å². The molecule has 9 nitrogen and oxygen atoms in total. The van der Waals surface area contributed by atoms with E-state index in [0.29, 0.717) is 17.8 Å². The number of hydrogen-bond acceptors (Lipinski definition) is 7. The monoisotopic (exact) mass is 448 g/mol. The standard InChI is InChI=1S/C24H32N8O/c1-15-13-32-22(28-23(15)30-10-8-17(25)14-30)12-20(29-32)21-5-3-4-9-31(21)24(33)16-6-7-19(27-2)18(26)11-16/h6-7,11-13,17,21,27H,3-5,8-10,14,25-26H2,1-2H3/t17-,21-/m0/s1. The summed E-state index contributed by atoms with van der Waals surface area (Å²) < 4.78 is 1.83. The minimum absolute atomic E-state index is 0.0120. The summed E-state index contributed by atoms with van der Waals surface area (Å²) in [7, 11) is 1.82. The summed E-state index contributed by atoms with van der Waals surface area (Å²) in [6.07, 6.45) is 5.93. The quantitative estimate of drug-likeness (QED) is 0.525. The fourth-order valence-electron chi connectivity index (χ4n) is 5.05. The molecular weight excluding hydrogens is 416 g/mol. The minimum Gasteiger partial charge on any atom is -0.397 e. The molecule has 0 aliphatic carbocycles. The molecule has 9 heteroatoms. The number of nitrogen functional groups attached to an aromatic ring is 1. The normalized spacial score (nSPS) is 21.1. The minimum atomic E-state index is -0.0814. The van der Waals surface area contributed by atoms with Crippen molar-refractivity contribution in [1.29, 1.82) is 0 Å². The van der Waals surface area contributed by atoms with E-state index >= 15 is 0 Å². The zero-order chi connectivity index (χ0) is 23.1. The number of aryl methyl sites for hydroxylation is 1. The summed E-state index contributed by atoms with van der Waals surface area (Å²) in [6, 6.07) is 7.57. The van der Waals surface area contributed by atoms with Crippen molar-refractivity contribution in [2.45, 2.75) is 44.7 Å². The number of benzene rings is 1. The Hall–Kier alpha value is -3.33. The summed E-state index contributed by atoms with van der Waals surface area (Å²) in [5.74, 6) is 0.959. The van der Waals surface area contributed by atoms with Crippen LogP contribution in [0.25, 0.3) is 5.65 Å². The number of aromatic nitrogens is 3. The highest BCUT2D eigenvalue weighted by Crippen LogP contribution is 2.33. The van der Waals surface area contributed by atoms with Crippen LogP contribution in [0.2, 0.25) is 0 Å². The first-order chi connectivity index (χ1) is 15.9. The van der Waals surface area contributed by atoms with Crippen LogP contribution in [0, 0.1) is 6.92 Å². The van der Waals surface area contributed by atoms with Crippen molar-refractivity contribution in [3.63, 3.8) is 0 Å². The molecule has 2 atom stereocenters.